The van der Waals surface area contributed by atoms with E-state index in [0.717, 1.165) is 10.9 Å². The third-order valence-corrected chi connectivity index (χ3v) is 5.08. The molecule has 0 atom stereocenters. The number of thiophene rings is 1. The Balaban J connectivity index is 1.86. The van der Waals surface area contributed by atoms with Gasteiger partial charge in [0.25, 0.3) is 5.91 Å². The van der Waals surface area contributed by atoms with E-state index in [1.807, 2.05) is 17.5 Å². The van der Waals surface area contributed by atoms with Crippen LogP contribution in [0.5, 0.6) is 0 Å². The van der Waals surface area contributed by atoms with Crippen molar-refractivity contribution in [3.05, 3.63) is 64.7 Å². The monoisotopic (exact) mass is 384 g/mol. The molecule has 0 aliphatic heterocycles. The molecule has 27 heavy (non-hydrogen) atoms. The molecule has 4 rings (SSSR count). The molecule has 1 amide bonds. The zero-order valence-electron chi connectivity index (χ0n) is 14.5. The van der Waals surface area contributed by atoms with Gasteiger partial charge in [-0.25, -0.2) is 13.8 Å². The first-order valence-electron chi connectivity index (χ1n) is 8.09. The molecule has 1 N–H and O–H groups in total. The van der Waals surface area contributed by atoms with E-state index in [-0.39, 0.29) is 5.69 Å². The van der Waals surface area contributed by atoms with E-state index in [9.17, 15) is 13.6 Å². The molecule has 0 fully saturated rings. The number of anilines is 1. The molecule has 0 saturated carbocycles. The van der Waals surface area contributed by atoms with Gasteiger partial charge in [-0.15, -0.1) is 11.3 Å². The maximum Gasteiger partial charge on any atom is 0.256 e. The molecule has 3 aromatic heterocycles. The van der Waals surface area contributed by atoms with Crippen LogP contribution in [0.25, 0.3) is 21.6 Å². The molecular weight excluding hydrogens is 370 g/mol. The smallest absolute Gasteiger partial charge is 0.256 e. The number of fused-ring (bicyclic) bond motifs is 1. The van der Waals surface area contributed by atoms with Gasteiger partial charge in [0.2, 0.25) is 0 Å². The highest BCUT2D eigenvalue weighted by Crippen LogP contribution is 2.30. The Labute approximate surface area is 157 Å². The fraction of sp³-hybridized carbons (Fsp3) is 0.105. The van der Waals surface area contributed by atoms with Crippen molar-refractivity contribution in [3.8, 4) is 10.6 Å². The van der Waals surface area contributed by atoms with Crippen molar-refractivity contribution in [2.75, 3.05) is 5.32 Å². The number of carbonyl (C=O) groups is 1. The molecule has 0 unspecified atom stereocenters. The molecule has 8 heteroatoms. The first-order chi connectivity index (χ1) is 13.0. The summed E-state index contributed by atoms with van der Waals surface area (Å²) in [5, 5.41) is 9.28. The molecule has 0 bridgehead atoms. The highest BCUT2D eigenvalue weighted by atomic mass is 32.1. The summed E-state index contributed by atoms with van der Waals surface area (Å²) >= 11 is 1.49. The van der Waals surface area contributed by atoms with E-state index < -0.39 is 17.5 Å². The molecule has 3 heterocycles. The van der Waals surface area contributed by atoms with Gasteiger partial charge in [0.15, 0.2) is 17.3 Å². The minimum atomic E-state index is -1.10. The van der Waals surface area contributed by atoms with Gasteiger partial charge in [0.05, 0.1) is 32.9 Å². The predicted octanol–water partition coefficient (Wildman–Crippen LogP) is 4.54. The van der Waals surface area contributed by atoms with Crippen molar-refractivity contribution in [2.24, 2.45) is 7.05 Å². The van der Waals surface area contributed by atoms with Crippen LogP contribution < -0.4 is 5.32 Å². The van der Waals surface area contributed by atoms with Gasteiger partial charge >= 0.3 is 0 Å². The zero-order chi connectivity index (χ0) is 19.1. The third kappa shape index (κ3) is 2.97. The Hall–Kier alpha value is -3.13. The molecule has 0 aliphatic rings. The topological polar surface area (TPSA) is 59.8 Å². The lowest BCUT2D eigenvalue weighted by molar-refractivity contribution is 0.102. The molecule has 136 valence electrons. The van der Waals surface area contributed by atoms with Crippen LogP contribution in [0.3, 0.4) is 0 Å². The van der Waals surface area contributed by atoms with E-state index in [2.05, 4.69) is 15.4 Å². The van der Waals surface area contributed by atoms with Crippen LogP contribution in [-0.2, 0) is 7.05 Å². The average Bonchev–Trinajstić information content (AvgIpc) is 3.27. The predicted molar refractivity (Wildman–Crippen MR) is 101 cm³/mol. The highest BCUT2D eigenvalue weighted by molar-refractivity contribution is 7.13. The lowest BCUT2D eigenvalue weighted by Crippen LogP contribution is -2.14. The largest absolute Gasteiger partial charge is 0.319 e. The molecule has 1 aromatic carbocycles. The Bertz CT molecular complexity index is 1170. The zero-order valence-corrected chi connectivity index (χ0v) is 15.3. The van der Waals surface area contributed by atoms with E-state index >= 15 is 0 Å². The van der Waals surface area contributed by atoms with E-state index in [1.54, 1.807) is 24.7 Å². The summed E-state index contributed by atoms with van der Waals surface area (Å²) in [5.41, 5.74) is 1.87. The summed E-state index contributed by atoms with van der Waals surface area (Å²) in [4.78, 5) is 18.4. The lowest BCUT2D eigenvalue weighted by Gasteiger charge is -2.09. The first-order valence-corrected chi connectivity index (χ1v) is 8.97. The number of nitrogens with zero attached hydrogens (tertiary/aromatic N) is 3. The van der Waals surface area contributed by atoms with Gasteiger partial charge < -0.3 is 5.32 Å². The molecule has 0 saturated heterocycles. The fourth-order valence-corrected chi connectivity index (χ4v) is 3.65. The quantitative estimate of drug-likeness (QED) is 0.564. The number of halogens is 2. The second kappa shape index (κ2) is 6.55. The molecule has 0 aliphatic carbocycles. The Morgan fingerprint density at radius 2 is 2.04 bits per heavy atom. The van der Waals surface area contributed by atoms with Crippen LogP contribution >= 0.6 is 11.3 Å². The van der Waals surface area contributed by atoms with E-state index in [4.69, 9.17) is 0 Å². The summed E-state index contributed by atoms with van der Waals surface area (Å²) in [6.45, 7) is 1.77. The number of aryl methyl sites for hydroxylation is 2. The van der Waals surface area contributed by atoms with Gasteiger partial charge in [0.1, 0.15) is 0 Å². The number of amides is 1. The summed E-state index contributed by atoms with van der Waals surface area (Å²) < 4.78 is 29.0. The number of benzene rings is 1. The fourth-order valence-electron chi connectivity index (χ4n) is 2.96. The molecule has 4 aromatic rings. The molecular formula is C19H14F2N4OS. The van der Waals surface area contributed by atoms with Crippen LogP contribution in [-0.4, -0.2) is 20.7 Å². The van der Waals surface area contributed by atoms with E-state index in [0.29, 0.717) is 28.0 Å². The lowest BCUT2D eigenvalue weighted by atomic mass is 10.1. The molecule has 0 radical (unpaired) electrons. The number of nitrogens with one attached hydrogen (secondary N) is 1. The maximum atomic E-state index is 14.0. The molecule has 0 spiro atoms. The standard InChI is InChI=1S/C19H14F2N4OS/c1-10-16-11(19(26)23-13-6-3-5-12(20)17(13)21)9-14(15-7-4-8-27-15)22-18(16)25(2)24-10/h3-9H,1-2H3,(H,23,26). The normalized spacial score (nSPS) is 11.1. The summed E-state index contributed by atoms with van der Waals surface area (Å²) in [6.07, 6.45) is 0. The van der Waals surface area contributed by atoms with Crippen molar-refractivity contribution in [3.63, 3.8) is 0 Å². The Morgan fingerprint density at radius 1 is 1.22 bits per heavy atom. The average molecular weight is 384 g/mol. The van der Waals surface area contributed by atoms with Crippen molar-refractivity contribution >= 4 is 34.0 Å². The second-order valence-corrected chi connectivity index (χ2v) is 6.94. The highest BCUT2D eigenvalue weighted by Gasteiger charge is 2.21. The number of rotatable bonds is 3. The summed E-state index contributed by atoms with van der Waals surface area (Å²) in [5.74, 6) is -2.68. The van der Waals surface area contributed by atoms with E-state index in [1.165, 1.54) is 23.5 Å². The minimum absolute atomic E-state index is 0.218. The van der Waals surface area contributed by atoms with Gasteiger partial charge in [-0.1, -0.05) is 12.1 Å². The minimum Gasteiger partial charge on any atom is -0.319 e. The van der Waals surface area contributed by atoms with Crippen LogP contribution in [0.15, 0.2) is 41.8 Å². The summed E-state index contributed by atoms with van der Waals surface area (Å²) in [7, 11) is 1.74. The number of hydrogen-bond acceptors (Lipinski definition) is 4. The SMILES string of the molecule is Cc1nn(C)c2nc(-c3cccs3)cc(C(=O)Nc3cccc(F)c3F)c12. The van der Waals surface area contributed by atoms with Crippen LogP contribution in [0.1, 0.15) is 16.1 Å². The van der Waals surface area contributed by atoms with Crippen molar-refractivity contribution in [1.82, 2.24) is 14.8 Å². The van der Waals surface area contributed by atoms with Crippen molar-refractivity contribution in [2.45, 2.75) is 6.92 Å². The van der Waals surface area contributed by atoms with Crippen molar-refractivity contribution < 1.29 is 13.6 Å². The van der Waals surface area contributed by atoms with Crippen LogP contribution in [0, 0.1) is 18.6 Å². The van der Waals surface area contributed by atoms with Gasteiger partial charge in [0, 0.05) is 7.05 Å². The third-order valence-electron chi connectivity index (χ3n) is 4.19. The van der Waals surface area contributed by atoms with Gasteiger partial charge in [-0.05, 0) is 36.6 Å². The summed E-state index contributed by atoms with van der Waals surface area (Å²) in [6, 6.07) is 9.08. The maximum absolute atomic E-state index is 14.0. The van der Waals surface area contributed by atoms with Crippen LogP contribution in [0.4, 0.5) is 14.5 Å². The molecule has 5 nitrogen and oxygen atoms in total. The number of carbonyl (C=O) groups excluding carboxylic acids is 1. The number of hydrogen-bond donors (Lipinski definition) is 1. The van der Waals surface area contributed by atoms with Gasteiger partial charge in [-0.2, -0.15) is 5.10 Å². The Kier molecular flexibility index (Phi) is 4.19. The first kappa shape index (κ1) is 17.3. The van der Waals surface area contributed by atoms with Gasteiger partial charge in [-0.3, -0.25) is 9.48 Å². The number of aromatic nitrogens is 3. The number of pyridine rings is 1. The van der Waals surface area contributed by atoms with Crippen LogP contribution in [0.2, 0.25) is 0 Å². The van der Waals surface area contributed by atoms with Crippen molar-refractivity contribution in [1.29, 1.82) is 0 Å². The second-order valence-electron chi connectivity index (χ2n) is 6.00. The Morgan fingerprint density at radius 3 is 2.78 bits per heavy atom.